The number of nitrogens with zero attached hydrogens (tertiary/aromatic N) is 4. The third-order valence-electron chi connectivity index (χ3n) is 6.76. The van der Waals surface area contributed by atoms with E-state index in [1.807, 2.05) is 0 Å². The zero-order valence-electron chi connectivity index (χ0n) is 22.6. The minimum atomic E-state index is -3.01. The Morgan fingerprint density at radius 2 is 1.79 bits per heavy atom. The summed E-state index contributed by atoms with van der Waals surface area (Å²) in [5.41, 5.74) is -1.43. The normalized spacial score (nSPS) is 26.0. The van der Waals surface area contributed by atoms with Crippen molar-refractivity contribution in [1.82, 2.24) is 15.3 Å². The van der Waals surface area contributed by atoms with E-state index in [0.29, 0.717) is 24.5 Å². The molecule has 3 heterocycles. The smallest absolute Gasteiger partial charge is 0.413 e. The second kappa shape index (κ2) is 9.40. The Morgan fingerprint density at radius 1 is 1.13 bits per heavy atom. The highest BCUT2D eigenvalue weighted by Crippen LogP contribution is 2.48. The van der Waals surface area contributed by atoms with E-state index >= 15 is 4.39 Å². The standard InChI is InChI=1S/C26H33FN6O4S/c1-15-28-13-16(14-29-15)21(34)31-17-8-9-19(27)18(12-17)26(7)20-10-11-30-38(20,36)25(5,6)22(33-26)32-23(35)37-24(2,3)4/h8-9,12-14,20H,10-11H2,1-7H3,(H,31,34)(H,32,33,35)/t20-,26+,38?/m0/s1. The molecule has 0 radical (unpaired) electrons. The fourth-order valence-electron chi connectivity index (χ4n) is 4.76. The number of hydrogen-bond donors (Lipinski definition) is 2. The first-order valence-electron chi connectivity index (χ1n) is 12.3. The molecule has 3 atom stereocenters. The second-order valence-electron chi connectivity index (χ2n) is 11.1. The molecule has 204 valence electrons. The molecule has 2 amide bonds. The quantitative estimate of drug-likeness (QED) is 0.590. The summed E-state index contributed by atoms with van der Waals surface area (Å²) in [7, 11) is -3.01. The number of ether oxygens (including phenoxy) is 1. The minimum Gasteiger partial charge on any atom is -0.444 e. The van der Waals surface area contributed by atoms with Gasteiger partial charge < -0.3 is 10.1 Å². The van der Waals surface area contributed by atoms with Gasteiger partial charge in [0.15, 0.2) is 0 Å². The number of benzene rings is 1. The lowest BCUT2D eigenvalue weighted by atomic mass is 9.85. The summed E-state index contributed by atoms with van der Waals surface area (Å²) in [6, 6.07) is 4.14. The van der Waals surface area contributed by atoms with Crippen molar-refractivity contribution in [3.05, 3.63) is 53.4 Å². The van der Waals surface area contributed by atoms with E-state index in [-0.39, 0.29) is 17.0 Å². The summed E-state index contributed by atoms with van der Waals surface area (Å²) < 4.78 is 38.6. The number of halogens is 1. The van der Waals surface area contributed by atoms with Gasteiger partial charge in [-0.3, -0.25) is 15.1 Å². The molecule has 1 aromatic heterocycles. The van der Waals surface area contributed by atoms with Crippen LogP contribution >= 0.6 is 0 Å². The van der Waals surface area contributed by atoms with Crippen LogP contribution in [0.1, 0.15) is 69.7 Å². The van der Waals surface area contributed by atoms with Gasteiger partial charge >= 0.3 is 6.09 Å². The highest BCUT2D eigenvalue weighted by Gasteiger charge is 2.57. The number of amides is 2. The number of nitrogens with one attached hydrogen (secondary N) is 2. The van der Waals surface area contributed by atoms with E-state index in [0.717, 1.165) is 0 Å². The first-order chi connectivity index (χ1) is 17.6. The number of carbonyl (C=O) groups excluding carboxylic acids is 2. The molecule has 0 spiro atoms. The van der Waals surface area contributed by atoms with Gasteiger partial charge in [0.05, 0.1) is 20.5 Å². The van der Waals surface area contributed by atoms with E-state index in [1.165, 1.54) is 30.6 Å². The van der Waals surface area contributed by atoms with Crippen LogP contribution in [-0.2, 0) is 20.0 Å². The predicted octanol–water partition coefficient (Wildman–Crippen LogP) is 4.35. The molecule has 10 nitrogen and oxygen atoms in total. The monoisotopic (exact) mass is 544 g/mol. The van der Waals surface area contributed by atoms with Crippen LogP contribution in [0.25, 0.3) is 0 Å². The molecule has 4 rings (SSSR count). The van der Waals surface area contributed by atoms with Crippen molar-refractivity contribution in [1.29, 1.82) is 0 Å². The number of alkyl carbamates (subject to hydrolysis) is 1. The third-order valence-corrected chi connectivity index (χ3v) is 10.5. The average molecular weight is 545 g/mol. The maximum Gasteiger partial charge on any atom is 0.413 e. The van der Waals surface area contributed by atoms with Crippen LogP contribution < -0.4 is 10.6 Å². The maximum atomic E-state index is 15.5. The number of hydrogen-bond acceptors (Lipinski definition) is 8. The Morgan fingerprint density at radius 3 is 2.42 bits per heavy atom. The average Bonchev–Trinajstić information content (AvgIpc) is 3.23. The van der Waals surface area contributed by atoms with E-state index in [1.54, 1.807) is 48.5 Å². The molecule has 0 saturated carbocycles. The minimum absolute atomic E-state index is 0.104. The molecule has 0 bridgehead atoms. The van der Waals surface area contributed by atoms with Crippen molar-refractivity contribution in [2.75, 3.05) is 11.9 Å². The van der Waals surface area contributed by atoms with Gasteiger partial charge in [-0.1, -0.05) is 0 Å². The van der Waals surface area contributed by atoms with Gasteiger partial charge in [-0.05, 0) is 73.1 Å². The molecule has 2 aliphatic heterocycles. The largest absolute Gasteiger partial charge is 0.444 e. The topological polar surface area (TPSA) is 135 Å². The molecule has 2 N–H and O–H groups in total. The van der Waals surface area contributed by atoms with Crippen molar-refractivity contribution >= 4 is 33.3 Å². The van der Waals surface area contributed by atoms with Crippen molar-refractivity contribution in [3.63, 3.8) is 0 Å². The van der Waals surface area contributed by atoms with Gasteiger partial charge in [0.2, 0.25) is 0 Å². The molecule has 0 aliphatic carbocycles. The molecule has 2 aliphatic rings. The van der Waals surface area contributed by atoms with Gasteiger partial charge in [-0.15, -0.1) is 0 Å². The van der Waals surface area contributed by atoms with Crippen LogP contribution in [0.4, 0.5) is 14.9 Å². The summed E-state index contributed by atoms with van der Waals surface area (Å²) in [4.78, 5) is 38.3. The van der Waals surface area contributed by atoms with Crippen molar-refractivity contribution in [3.8, 4) is 0 Å². The van der Waals surface area contributed by atoms with Gasteiger partial charge in [0, 0.05) is 30.2 Å². The molecule has 38 heavy (non-hydrogen) atoms. The predicted molar refractivity (Wildman–Crippen MR) is 143 cm³/mol. The van der Waals surface area contributed by atoms with Gasteiger partial charge in [0.25, 0.3) is 5.91 Å². The highest BCUT2D eigenvalue weighted by atomic mass is 32.2. The highest BCUT2D eigenvalue weighted by molar-refractivity contribution is 7.96. The Labute approximate surface area is 222 Å². The van der Waals surface area contributed by atoms with E-state index in [2.05, 4.69) is 25.0 Å². The van der Waals surface area contributed by atoms with Crippen LogP contribution in [0.5, 0.6) is 0 Å². The Hall–Kier alpha value is -3.41. The molecule has 1 unspecified atom stereocenters. The fraction of sp³-hybridized carbons (Fsp3) is 0.500. The molecular formula is C26H33FN6O4S. The summed E-state index contributed by atoms with van der Waals surface area (Å²) in [6.45, 7) is 12.3. The lowest BCUT2D eigenvalue weighted by molar-refractivity contribution is 0.0560. The van der Waals surface area contributed by atoms with E-state index < -0.39 is 48.7 Å². The number of aliphatic imine (C=N–C) groups is 1. The summed E-state index contributed by atoms with van der Waals surface area (Å²) >= 11 is 0. The zero-order valence-corrected chi connectivity index (χ0v) is 23.4. The number of amidine groups is 1. The molecule has 0 saturated heterocycles. The number of rotatable bonds is 3. The van der Waals surface area contributed by atoms with E-state index in [4.69, 9.17) is 9.73 Å². The lowest BCUT2D eigenvalue weighted by Crippen LogP contribution is -2.60. The Balaban J connectivity index is 1.78. The first kappa shape index (κ1) is 27.6. The SMILES string of the molecule is Cc1ncc(C(=O)Nc2ccc(F)c([C@@]3(C)N=C(NC(=O)OC(C)(C)C)C(C)(C)S4(=O)=NCC[C@@H]34)c2)cn1. The lowest BCUT2D eigenvalue weighted by Gasteiger charge is -2.45. The van der Waals surface area contributed by atoms with Crippen molar-refractivity contribution in [2.45, 2.75) is 76.0 Å². The summed E-state index contributed by atoms with van der Waals surface area (Å²) in [5.74, 6) is -0.421. The second-order valence-corrected chi connectivity index (χ2v) is 14.1. The van der Waals surface area contributed by atoms with Crippen LogP contribution in [-0.4, -0.2) is 54.2 Å². The molecule has 12 heteroatoms. The Kier molecular flexibility index (Phi) is 6.84. The van der Waals surface area contributed by atoms with Gasteiger partial charge in [-0.2, -0.15) is 0 Å². The fourth-order valence-corrected chi connectivity index (χ4v) is 7.95. The Bertz CT molecular complexity index is 1440. The zero-order chi connectivity index (χ0) is 28.1. The van der Waals surface area contributed by atoms with Crippen molar-refractivity contribution < 1.29 is 22.9 Å². The number of carbonyl (C=O) groups is 2. The molecular weight excluding hydrogens is 511 g/mol. The number of anilines is 1. The maximum absolute atomic E-state index is 15.5. The first-order valence-corrected chi connectivity index (χ1v) is 13.9. The number of aromatic nitrogens is 2. The summed E-state index contributed by atoms with van der Waals surface area (Å²) in [6.07, 6.45) is 2.48. The van der Waals surface area contributed by atoms with Crippen LogP contribution in [0.3, 0.4) is 0 Å². The van der Waals surface area contributed by atoms with Crippen LogP contribution in [0, 0.1) is 12.7 Å². The van der Waals surface area contributed by atoms with Crippen LogP contribution in [0.15, 0.2) is 39.9 Å². The molecule has 1 aromatic carbocycles. The molecule has 0 fully saturated rings. The third kappa shape index (κ3) is 4.89. The van der Waals surface area contributed by atoms with E-state index in [9.17, 15) is 13.8 Å². The van der Waals surface area contributed by atoms with Crippen molar-refractivity contribution in [2.24, 2.45) is 9.36 Å². The number of aryl methyl sites for hydroxylation is 1. The summed E-state index contributed by atoms with van der Waals surface area (Å²) in [5, 5.41) is 4.78. The van der Waals surface area contributed by atoms with Gasteiger partial charge in [-0.25, -0.2) is 27.7 Å². The van der Waals surface area contributed by atoms with Crippen LogP contribution in [0.2, 0.25) is 0 Å². The number of fused-ring (bicyclic) bond motifs is 1. The van der Waals surface area contributed by atoms with Gasteiger partial charge in [0.1, 0.15) is 33.4 Å². The molecule has 2 aromatic rings.